The number of piperazine rings is 1. The van der Waals surface area contributed by atoms with Crippen LogP contribution in [0.2, 0.25) is 0 Å². The second-order valence-corrected chi connectivity index (χ2v) is 7.26. The van der Waals surface area contributed by atoms with Crippen molar-refractivity contribution in [2.24, 2.45) is 5.73 Å². The first-order chi connectivity index (χ1) is 9.81. The molecule has 1 amide bonds. The van der Waals surface area contributed by atoms with Gasteiger partial charge in [0.1, 0.15) is 11.0 Å². The fourth-order valence-corrected chi connectivity index (χ4v) is 4.09. The highest BCUT2D eigenvalue weighted by atomic mass is 32.2. The Balaban J connectivity index is 2.23. The molecule has 0 aliphatic carbocycles. The molecule has 0 aromatic heterocycles. The van der Waals surface area contributed by atoms with Crippen LogP contribution in [0.15, 0.2) is 24.3 Å². The number of carbonyl (C=O) groups excluding carboxylic acids is 1. The van der Waals surface area contributed by atoms with Gasteiger partial charge in [-0.2, -0.15) is 4.31 Å². The Hall–Kier alpha value is -1.51. The molecule has 1 aromatic rings. The minimum atomic E-state index is -3.57. The van der Waals surface area contributed by atoms with Crippen LogP contribution < -0.4 is 11.1 Å². The van der Waals surface area contributed by atoms with E-state index in [0.29, 0.717) is 17.7 Å². The van der Waals surface area contributed by atoms with Crippen LogP contribution in [0.5, 0.6) is 0 Å². The Morgan fingerprint density at radius 3 is 2.90 bits per heavy atom. The highest BCUT2D eigenvalue weighted by Gasteiger charge is 2.34. The largest absolute Gasteiger partial charge is 0.389 e. The highest BCUT2D eigenvalue weighted by molar-refractivity contribution is 7.88. The molecule has 8 heteroatoms. The molecule has 1 fully saturated rings. The number of thiocarbonyl (C=S) groups is 1. The Morgan fingerprint density at radius 2 is 2.24 bits per heavy atom. The average Bonchev–Trinajstić information content (AvgIpc) is 2.41. The van der Waals surface area contributed by atoms with Crippen molar-refractivity contribution in [3.05, 3.63) is 35.4 Å². The third-order valence-electron chi connectivity index (χ3n) is 3.36. The molecule has 1 unspecified atom stereocenters. The SMILES string of the molecule is CC1C(=O)NCCN1S(=O)(=O)Cc1cccc(C(N)=S)c1. The molecule has 0 bridgehead atoms. The summed E-state index contributed by atoms with van der Waals surface area (Å²) in [5, 5.41) is 2.64. The summed E-state index contributed by atoms with van der Waals surface area (Å²) in [5.41, 5.74) is 6.77. The normalized spacial score (nSPS) is 20.0. The lowest BCUT2D eigenvalue weighted by atomic mass is 10.1. The molecule has 0 saturated carbocycles. The van der Waals surface area contributed by atoms with Crippen LogP contribution in [0.25, 0.3) is 0 Å². The number of hydrogen-bond acceptors (Lipinski definition) is 4. The van der Waals surface area contributed by atoms with Crippen molar-refractivity contribution in [1.29, 1.82) is 0 Å². The Kier molecular flexibility index (Phi) is 4.60. The maximum absolute atomic E-state index is 12.5. The van der Waals surface area contributed by atoms with Gasteiger partial charge in [-0.15, -0.1) is 0 Å². The summed E-state index contributed by atoms with van der Waals surface area (Å²) in [7, 11) is -3.57. The van der Waals surface area contributed by atoms with E-state index in [9.17, 15) is 13.2 Å². The third-order valence-corrected chi connectivity index (χ3v) is 5.51. The molecular formula is C13H17N3O3S2. The summed E-state index contributed by atoms with van der Waals surface area (Å²) in [6, 6.07) is 6.12. The lowest BCUT2D eigenvalue weighted by molar-refractivity contribution is -0.126. The van der Waals surface area contributed by atoms with E-state index in [0.717, 1.165) is 0 Å². The van der Waals surface area contributed by atoms with Crippen LogP contribution in [-0.2, 0) is 20.6 Å². The number of nitrogens with zero attached hydrogens (tertiary/aromatic N) is 1. The van der Waals surface area contributed by atoms with Gasteiger partial charge < -0.3 is 11.1 Å². The summed E-state index contributed by atoms with van der Waals surface area (Å²) < 4.78 is 26.2. The van der Waals surface area contributed by atoms with Crippen molar-refractivity contribution in [1.82, 2.24) is 9.62 Å². The number of nitrogens with two attached hydrogens (primary N) is 1. The second-order valence-electron chi connectivity index (χ2n) is 4.90. The first kappa shape index (κ1) is 15.9. The Bertz CT molecular complexity index is 673. The van der Waals surface area contributed by atoms with Crippen molar-refractivity contribution in [3.63, 3.8) is 0 Å². The maximum atomic E-state index is 12.5. The van der Waals surface area contributed by atoms with Crippen LogP contribution in [-0.4, -0.2) is 42.8 Å². The minimum Gasteiger partial charge on any atom is -0.389 e. The predicted molar refractivity (Wildman–Crippen MR) is 84.1 cm³/mol. The van der Waals surface area contributed by atoms with E-state index >= 15 is 0 Å². The number of benzene rings is 1. The molecule has 1 atom stereocenters. The van der Waals surface area contributed by atoms with Crippen LogP contribution in [0.3, 0.4) is 0 Å². The fraction of sp³-hybridized carbons (Fsp3) is 0.385. The number of sulfonamides is 1. The Labute approximate surface area is 129 Å². The summed E-state index contributed by atoms with van der Waals surface area (Å²) >= 11 is 4.89. The fourth-order valence-electron chi connectivity index (χ4n) is 2.25. The van der Waals surface area contributed by atoms with E-state index in [1.165, 1.54) is 4.31 Å². The maximum Gasteiger partial charge on any atom is 0.238 e. The lowest BCUT2D eigenvalue weighted by Gasteiger charge is -2.31. The van der Waals surface area contributed by atoms with Gasteiger partial charge in [0.25, 0.3) is 0 Å². The number of carbonyl (C=O) groups is 1. The van der Waals surface area contributed by atoms with E-state index < -0.39 is 16.1 Å². The van der Waals surface area contributed by atoms with E-state index in [1.54, 1.807) is 31.2 Å². The lowest BCUT2D eigenvalue weighted by Crippen LogP contribution is -2.55. The molecule has 2 rings (SSSR count). The van der Waals surface area contributed by atoms with Gasteiger partial charge in [-0.25, -0.2) is 8.42 Å². The molecule has 3 N–H and O–H groups in total. The van der Waals surface area contributed by atoms with Crippen LogP contribution in [0.4, 0.5) is 0 Å². The molecule has 1 aromatic carbocycles. The summed E-state index contributed by atoms with van der Waals surface area (Å²) in [6.07, 6.45) is 0. The monoisotopic (exact) mass is 327 g/mol. The van der Waals surface area contributed by atoms with Gasteiger partial charge in [0, 0.05) is 18.7 Å². The first-order valence-corrected chi connectivity index (χ1v) is 8.49. The molecule has 6 nitrogen and oxygen atoms in total. The number of nitrogens with one attached hydrogen (secondary N) is 1. The topological polar surface area (TPSA) is 92.5 Å². The van der Waals surface area contributed by atoms with E-state index in [1.807, 2.05) is 0 Å². The molecule has 1 aliphatic rings. The standard InChI is InChI=1S/C13H17N3O3S2/c1-9-13(17)15-5-6-16(9)21(18,19)8-10-3-2-4-11(7-10)12(14)20/h2-4,7,9H,5-6,8H2,1H3,(H2,14,20)(H,15,17). The molecule has 1 heterocycles. The molecular weight excluding hydrogens is 310 g/mol. The predicted octanol–water partition coefficient (Wildman–Crippen LogP) is -0.0291. The van der Waals surface area contributed by atoms with Crippen LogP contribution in [0.1, 0.15) is 18.1 Å². The van der Waals surface area contributed by atoms with Gasteiger partial charge in [0.05, 0.1) is 5.75 Å². The first-order valence-electron chi connectivity index (χ1n) is 6.47. The smallest absolute Gasteiger partial charge is 0.238 e. The van der Waals surface area contributed by atoms with Gasteiger partial charge >= 0.3 is 0 Å². The van der Waals surface area contributed by atoms with Gasteiger partial charge in [-0.05, 0) is 18.6 Å². The molecule has 21 heavy (non-hydrogen) atoms. The number of hydrogen-bond donors (Lipinski definition) is 2. The molecule has 114 valence electrons. The zero-order chi connectivity index (χ0) is 15.6. The van der Waals surface area contributed by atoms with E-state index in [2.05, 4.69) is 5.32 Å². The summed E-state index contributed by atoms with van der Waals surface area (Å²) in [5.74, 6) is -0.456. The zero-order valence-corrected chi connectivity index (χ0v) is 13.2. The second kappa shape index (κ2) is 6.08. The van der Waals surface area contributed by atoms with Crippen molar-refractivity contribution >= 4 is 33.1 Å². The van der Waals surface area contributed by atoms with E-state index in [-0.39, 0.29) is 23.2 Å². The molecule has 1 aliphatic heterocycles. The number of amides is 1. The van der Waals surface area contributed by atoms with Gasteiger partial charge in [-0.1, -0.05) is 30.4 Å². The average molecular weight is 327 g/mol. The molecule has 0 radical (unpaired) electrons. The van der Waals surface area contributed by atoms with Gasteiger partial charge in [-0.3, -0.25) is 4.79 Å². The summed E-state index contributed by atoms with van der Waals surface area (Å²) in [6.45, 7) is 2.19. The molecule has 1 saturated heterocycles. The Morgan fingerprint density at radius 1 is 1.52 bits per heavy atom. The molecule has 0 spiro atoms. The van der Waals surface area contributed by atoms with Crippen molar-refractivity contribution < 1.29 is 13.2 Å². The zero-order valence-electron chi connectivity index (χ0n) is 11.6. The third kappa shape index (κ3) is 3.58. The van der Waals surface area contributed by atoms with Crippen molar-refractivity contribution in [3.8, 4) is 0 Å². The van der Waals surface area contributed by atoms with Crippen molar-refractivity contribution in [2.45, 2.75) is 18.7 Å². The summed E-state index contributed by atoms with van der Waals surface area (Å²) in [4.78, 5) is 11.8. The van der Waals surface area contributed by atoms with Gasteiger partial charge in [0.2, 0.25) is 15.9 Å². The van der Waals surface area contributed by atoms with Crippen LogP contribution in [0, 0.1) is 0 Å². The van der Waals surface area contributed by atoms with Crippen molar-refractivity contribution in [2.75, 3.05) is 13.1 Å². The number of rotatable bonds is 4. The highest BCUT2D eigenvalue weighted by Crippen LogP contribution is 2.16. The van der Waals surface area contributed by atoms with Gasteiger partial charge in [0.15, 0.2) is 0 Å². The van der Waals surface area contributed by atoms with E-state index in [4.69, 9.17) is 18.0 Å². The quantitative estimate of drug-likeness (QED) is 0.758. The van der Waals surface area contributed by atoms with Crippen LogP contribution >= 0.6 is 12.2 Å². The minimum absolute atomic E-state index is 0.179.